The zero-order valence-corrected chi connectivity index (χ0v) is 18.3. The summed E-state index contributed by atoms with van der Waals surface area (Å²) in [6, 6.07) is 3.13. The maximum atomic E-state index is 13.3. The van der Waals surface area contributed by atoms with Gasteiger partial charge in [0, 0.05) is 17.4 Å². The van der Waals surface area contributed by atoms with Gasteiger partial charge >= 0.3 is 0 Å². The van der Waals surface area contributed by atoms with Crippen molar-refractivity contribution in [2.45, 2.75) is 70.6 Å². The molecule has 2 aliphatic rings. The zero-order valence-electron chi connectivity index (χ0n) is 17.5. The lowest BCUT2D eigenvalue weighted by Gasteiger charge is -2.24. The van der Waals surface area contributed by atoms with Gasteiger partial charge in [-0.2, -0.15) is 0 Å². The Hall–Kier alpha value is -1.75. The topological polar surface area (TPSA) is 68.3 Å². The van der Waals surface area contributed by atoms with Crippen molar-refractivity contribution in [3.63, 3.8) is 0 Å². The second-order valence-corrected chi connectivity index (χ2v) is 11.0. The molecule has 28 heavy (non-hydrogen) atoms. The monoisotopic (exact) mass is 402 g/mol. The number of carbonyl (C=O) groups excluding carboxylic acids is 2. The molecule has 0 radical (unpaired) electrons. The second kappa shape index (κ2) is 7.25. The van der Waals surface area contributed by atoms with Crippen LogP contribution in [-0.2, 0) is 20.0 Å². The summed E-state index contributed by atoms with van der Waals surface area (Å²) in [6.45, 7) is 9.91. The number of rotatable bonds is 3. The van der Waals surface area contributed by atoms with Crippen LogP contribution in [0.15, 0.2) is 28.7 Å². The summed E-state index contributed by atoms with van der Waals surface area (Å²) in [4.78, 5) is 26.3. The van der Waals surface area contributed by atoms with E-state index >= 15 is 0 Å². The fraction of sp³-hybridized carbons (Fsp3) is 0.565. The highest BCUT2D eigenvalue weighted by Crippen LogP contribution is 2.42. The number of hydrogen-bond donors (Lipinski definition) is 0. The smallest absolute Gasteiger partial charge is 0.196 e. The SMILES string of the molecule is CCC1C/C=C(/C(=O)c2ccc3c(c2C)C(C)(C)CS3(=O)=O)C(=O)CCC1C. The summed E-state index contributed by atoms with van der Waals surface area (Å²) in [5.74, 6) is 0.620. The third kappa shape index (κ3) is 3.49. The number of hydrogen-bond acceptors (Lipinski definition) is 4. The van der Waals surface area contributed by atoms with E-state index in [-0.39, 0.29) is 22.9 Å². The molecule has 0 saturated heterocycles. The van der Waals surface area contributed by atoms with Crippen molar-refractivity contribution in [2.24, 2.45) is 11.8 Å². The first-order valence-electron chi connectivity index (χ1n) is 10.1. The van der Waals surface area contributed by atoms with E-state index in [2.05, 4.69) is 13.8 Å². The summed E-state index contributed by atoms with van der Waals surface area (Å²) in [7, 11) is -3.33. The first kappa shape index (κ1) is 21.0. The molecule has 152 valence electrons. The highest BCUT2D eigenvalue weighted by molar-refractivity contribution is 7.91. The van der Waals surface area contributed by atoms with Gasteiger partial charge in [0.15, 0.2) is 21.4 Å². The Bertz CT molecular complexity index is 967. The fourth-order valence-electron chi connectivity index (χ4n) is 4.94. The number of ketones is 2. The summed E-state index contributed by atoms with van der Waals surface area (Å²) in [6.07, 6.45) is 4.77. The molecule has 0 amide bonds. The zero-order chi connectivity index (χ0) is 20.9. The number of allylic oxidation sites excluding steroid dienone is 2. The van der Waals surface area contributed by atoms with Crippen LogP contribution < -0.4 is 0 Å². The van der Waals surface area contributed by atoms with Crippen LogP contribution in [0.1, 0.15) is 74.9 Å². The lowest BCUT2D eigenvalue weighted by molar-refractivity contribution is -0.115. The summed E-state index contributed by atoms with van der Waals surface area (Å²) >= 11 is 0. The van der Waals surface area contributed by atoms with Gasteiger partial charge in [0.1, 0.15) is 0 Å². The van der Waals surface area contributed by atoms with Crippen molar-refractivity contribution >= 4 is 21.4 Å². The van der Waals surface area contributed by atoms with Crippen LogP contribution in [-0.4, -0.2) is 25.7 Å². The molecule has 2 atom stereocenters. The molecule has 4 nitrogen and oxygen atoms in total. The third-order valence-electron chi connectivity index (χ3n) is 6.56. The maximum Gasteiger partial charge on any atom is 0.196 e. The summed E-state index contributed by atoms with van der Waals surface area (Å²) in [5, 5.41) is 0. The predicted octanol–water partition coefficient (Wildman–Crippen LogP) is 4.58. The van der Waals surface area contributed by atoms with E-state index in [1.54, 1.807) is 19.1 Å². The van der Waals surface area contributed by atoms with Crippen LogP contribution in [0, 0.1) is 18.8 Å². The van der Waals surface area contributed by atoms with E-state index in [9.17, 15) is 18.0 Å². The number of sulfone groups is 1. The lowest BCUT2D eigenvalue weighted by atomic mass is 9.79. The molecule has 0 aromatic heterocycles. The van der Waals surface area contributed by atoms with Gasteiger partial charge in [0.05, 0.1) is 16.2 Å². The molecule has 1 heterocycles. The van der Waals surface area contributed by atoms with E-state index in [0.29, 0.717) is 34.3 Å². The summed E-state index contributed by atoms with van der Waals surface area (Å²) in [5.41, 5.74) is 1.58. The molecule has 5 heteroatoms. The standard InChI is InChI=1S/C23H30O4S/c1-6-16-8-9-18(19(24)11-7-14(16)2)22(25)17-10-12-20-21(15(17)3)23(4,5)13-28(20,26)27/h9-10,12,14,16H,6-8,11,13H2,1-5H3/b18-9+. The minimum atomic E-state index is -3.33. The molecule has 3 rings (SSSR count). The van der Waals surface area contributed by atoms with Crippen molar-refractivity contribution in [3.8, 4) is 0 Å². The van der Waals surface area contributed by atoms with Crippen LogP contribution in [0.2, 0.25) is 0 Å². The quantitative estimate of drug-likeness (QED) is 0.548. The average Bonchev–Trinajstić information content (AvgIpc) is 2.79. The molecule has 1 aromatic rings. The Morgan fingerprint density at radius 1 is 1.25 bits per heavy atom. The van der Waals surface area contributed by atoms with Crippen LogP contribution in [0.4, 0.5) is 0 Å². The maximum absolute atomic E-state index is 13.3. The van der Waals surface area contributed by atoms with E-state index in [1.807, 2.05) is 19.9 Å². The molecule has 0 fully saturated rings. The lowest BCUT2D eigenvalue weighted by Crippen LogP contribution is -2.23. The molecule has 2 unspecified atom stereocenters. The predicted molar refractivity (Wildman–Crippen MR) is 110 cm³/mol. The normalized spacial score (nSPS) is 28.0. The van der Waals surface area contributed by atoms with Crippen molar-refractivity contribution in [3.05, 3.63) is 40.5 Å². The number of carbonyl (C=O) groups is 2. The number of benzene rings is 1. The molecule has 1 aliphatic heterocycles. The van der Waals surface area contributed by atoms with Gasteiger partial charge in [-0.3, -0.25) is 9.59 Å². The number of fused-ring (bicyclic) bond motifs is 1. The van der Waals surface area contributed by atoms with Crippen LogP contribution in [0.25, 0.3) is 0 Å². The second-order valence-electron chi connectivity index (χ2n) is 9.04. The van der Waals surface area contributed by atoms with Crippen molar-refractivity contribution in [2.75, 3.05) is 5.75 Å². The third-order valence-corrected chi connectivity index (χ3v) is 8.67. The van der Waals surface area contributed by atoms with Gasteiger partial charge in [-0.05, 0) is 54.9 Å². The average molecular weight is 403 g/mol. The Kier molecular flexibility index (Phi) is 5.43. The van der Waals surface area contributed by atoms with Gasteiger partial charge in [-0.25, -0.2) is 8.42 Å². The van der Waals surface area contributed by atoms with Crippen molar-refractivity contribution < 1.29 is 18.0 Å². The molecular weight excluding hydrogens is 372 g/mol. The van der Waals surface area contributed by atoms with E-state index < -0.39 is 15.3 Å². The van der Waals surface area contributed by atoms with Crippen molar-refractivity contribution in [1.82, 2.24) is 0 Å². The Morgan fingerprint density at radius 2 is 1.93 bits per heavy atom. The molecule has 0 bridgehead atoms. The molecular formula is C23H30O4S. The Morgan fingerprint density at radius 3 is 2.57 bits per heavy atom. The van der Waals surface area contributed by atoms with E-state index in [0.717, 1.165) is 24.8 Å². The minimum absolute atomic E-state index is 0.0471. The van der Waals surface area contributed by atoms with Crippen molar-refractivity contribution in [1.29, 1.82) is 0 Å². The molecule has 1 aliphatic carbocycles. The minimum Gasteiger partial charge on any atom is -0.294 e. The molecule has 0 saturated carbocycles. The van der Waals surface area contributed by atoms with Gasteiger partial charge in [0.2, 0.25) is 0 Å². The number of Topliss-reactive ketones (excluding diaryl/α,β-unsaturated/α-hetero) is 2. The van der Waals surface area contributed by atoms with Crippen LogP contribution >= 0.6 is 0 Å². The first-order valence-corrected chi connectivity index (χ1v) is 11.8. The first-order chi connectivity index (χ1) is 13.0. The molecule has 0 spiro atoms. The van der Waals surface area contributed by atoms with Gasteiger partial charge in [-0.15, -0.1) is 0 Å². The largest absolute Gasteiger partial charge is 0.294 e. The molecule has 1 aromatic carbocycles. The van der Waals surface area contributed by atoms with E-state index in [4.69, 9.17) is 0 Å². The van der Waals surface area contributed by atoms with Gasteiger partial charge < -0.3 is 0 Å². The highest BCUT2D eigenvalue weighted by Gasteiger charge is 2.42. The highest BCUT2D eigenvalue weighted by atomic mass is 32.2. The van der Waals surface area contributed by atoms with Crippen LogP contribution in [0.5, 0.6) is 0 Å². The van der Waals surface area contributed by atoms with E-state index in [1.165, 1.54) is 0 Å². The van der Waals surface area contributed by atoms with Crippen LogP contribution in [0.3, 0.4) is 0 Å². The summed E-state index contributed by atoms with van der Waals surface area (Å²) < 4.78 is 25.0. The van der Waals surface area contributed by atoms with Gasteiger partial charge in [-0.1, -0.05) is 40.2 Å². The Balaban J connectivity index is 2.06. The fourth-order valence-corrected chi connectivity index (χ4v) is 7.20. The van der Waals surface area contributed by atoms with Gasteiger partial charge in [0.25, 0.3) is 0 Å². The Labute approximate surface area is 168 Å². The molecule has 0 N–H and O–H groups in total.